The summed E-state index contributed by atoms with van der Waals surface area (Å²) in [5.41, 5.74) is 2.44. The van der Waals surface area contributed by atoms with Crippen LogP contribution in [0.15, 0.2) is 43.1 Å². The molecule has 0 aliphatic heterocycles. The molecule has 0 N–H and O–H groups in total. The first-order valence-electron chi connectivity index (χ1n) is 9.31. The van der Waals surface area contributed by atoms with Crippen LogP contribution in [0.2, 0.25) is 0 Å². The minimum absolute atomic E-state index is 0.203. The number of benzene rings is 1. The molecule has 1 aliphatic carbocycles. The van der Waals surface area contributed by atoms with Gasteiger partial charge in [0.1, 0.15) is 11.5 Å². The maximum atomic E-state index is 14.2. The van der Waals surface area contributed by atoms with E-state index in [1.54, 1.807) is 47.4 Å². The van der Waals surface area contributed by atoms with Crippen LogP contribution in [-0.2, 0) is 12.8 Å². The van der Waals surface area contributed by atoms with Crippen molar-refractivity contribution in [2.75, 3.05) is 11.4 Å². The second kappa shape index (κ2) is 7.67. The Balaban J connectivity index is 1.69. The predicted molar refractivity (Wildman–Crippen MR) is 109 cm³/mol. The molecule has 0 saturated carbocycles. The number of hydrogen-bond acceptors (Lipinski definition) is 4. The van der Waals surface area contributed by atoms with Crippen molar-refractivity contribution in [1.29, 1.82) is 0 Å². The van der Waals surface area contributed by atoms with Gasteiger partial charge in [0.15, 0.2) is 5.13 Å². The van der Waals surface area contributed by atoms with E-state index < -0.39 is 0 Å². The number of aryl methyl sites for hydroxylation is 2. The lowest BCUT2D eigenvalue weighted by atomic mass is 10.0. The van der Waals surface area contributed by atoms with Crippen LogP contribution in [-0.4, -0.2) is 27.2 Å². The molecule has 3 aromatic rings. The van der Waals surface area contributed by atoms with Gasteiger partial charge >= 0.3 is 0 Å². The fourth-order valence-corrected chi connectivity index (χ4v) is 4.62. The van der Waals surface area contributed by atoms with E-state index in [0.29, 0.717) is 28.6 Å². The van der Waals surface area contributed by atoms with Crippen molar-refractivity contribution in [3.8, 4) is 5.69 Å². The van der Waals surface area contributed by atoms with E-state index in [-0.39, 0.29) is 11.7 Å². The molecule has 0 radical (unpaired) electrons. The van der Waals surface area contributed by atoms with Crippen molar-refractivity contribution >= 4 is 22.4 Å². The van der Waals surface area contributed by atoms with E-state index in [4.69, 9.17) is 4.98 Å². The van der Waals surface area contributed by atoms with Gasteiger partial charge in [-0.2, -0.15) is 5.10 Å². The van der Waals surface area contributed by atoms with Gasteiger partial charge in [-0.15, -0.1) is 17.9 Å². The zero-order chi connectivity index (χ0) is 19.7. The van der Waals surface area contributed by atoms with Gasteiger partial charge in [0, 0.05) is 11.4 Å². The molecular weight excluding hydrogens is 375 g/mol. The second-order valence-corrected chi connectivity index (χ2v) is 7.85. The van der Waals surface area contributed by atoms with Gasteiger partial charge in [0.05, 0.1) is 23.1 Å². The fraction of sp³-hybridized carbons (Fsp3) is 0.286. The number of amides is 1. The first-order valence-corrected chi connectivity index (χ1v) is 10.1. The topological polar surface area (TPSA) is 51.0 Å². The van der Waals surface area contributed by atoms with Crippen LogP contribution in [0.3, 0.4) is 0 Å². The van der Waals surface area contributed by atoms with E-state index in [9.17, 15) is 9.18 Å². The van der Waals surface area contributed by atoms with Crippen molar-refractivity contribution in [3.63, 3.8) is 0 Å². The SMILES string of the molecule is C=CCN(C(=O)c1cnn(-c2ccccc2F)c1C)c1nc2c(s1)CCCC2. The number of fused-ring (bicyclic) bond motifs is 1. The largest absolute Gasteiger partial charge is 0.280 e. The van der Waals surface area contributed by atoms with Crippen molar-refractivity contribution in [2.24, 2.45) is 0 Å². The number of rotatable bonds is 5. The average Bonchev–Trinajstić information content (AvgIpc) is 3.29. The van der Waals surface area contributed by atoms with Crippen molar-refractivity contribution in [1.82, 2.24) is 14.8 Å². The predicted octanol–water partition coefficient (Wildman–Crippen LogP) is 4.49. The minimum Gasteiger partial charge on any atom is -0.280 e. The summed E-state index contributed by atoms with van der Waals surface area (Å²) in [7, 11) is 0. The molecule has 5 nitrogen and oxygen atoms in total. The molecule has 0 spiro atoms. The highest BCUT2D eigenvalue weighted by atomic mass is 32.1. The average molecular weight is 396 g/mol. The van der Waals surface area contributed by atoms with Crippen LogP contribution in [0.25, 0.3) is 5.69 Å². The molecule has 144 valence electrons. The van der Waals surface area contributed by atoms with Crippen molar-refractivity contribution in [3.05, 3.63) is 70.8 Å². The van der Waals surface area contributed by atoms with E-state index >= 15 is 0 Å². The Hall–Kier alpha value is -2.80. The van der Waals surface area contributed by atoms with E-state index in [2.05, 4.69) is 11.7 Å². The number of carbonyl (C=O) groups excluding carboxylic acids is 1. The van der Waals surface area contributed by atoms with Crippen molar-refractivity contribution in [2.45, 2.75) is 32.6 Å². The molecule has 2 heterocycles. The molecule has 0 fully saturated rings. The molecule has 7 heteroatoms. The fourth-order valence-electron chi connectivity index (χ4n) is 3.46. The number of nitrogens with zero attached hydrogens (tertiary/aromatic N) is 4. The van der Waals surface area contributed by atoms with Crippen LogP contribution in [0.5, 0.6) is 0 Å². The van der Waals surface area contributed by atoms with Crippen molar-refractivity contribution < 1.29 is 9.18 Å². The lowest BCUT2D eigenvalue weighted by Gasteiger charge is -2.18. The molecule has 0 saturated heterocycles. The van der Waals surface area contributed by atoms with Gasteiger partial charge in [0.25, 0.3) is 5.91 Å². The number of anilines is 1. The van der Waals surface area contributed by atoms with E-state index in [1.807, 2.05) is 0 Å². The van der Waals surface area contributed by atoms with Crippen LogP contribution in [0.1, 0.15) is 39.5 Å². The standard InChI is InChI=1S/C21H21FN4OS/c1-3-12-25(21-24-17-9-5-7-11-19(17)28-21)20(27)15-13-23-26(14(15)2)18-10-6-4-8-16(18)22/h3-4,6,8,10,13H,1,5,7,9,11-12H2,2H3. The van der Waals surface area contributed by atoms with Gasteiger partial charge in [-0.3, -0.25) is 9.69 Å². The Morgan fingerprint density at radius 2 is 2.14 bits per heavy atom. The molecule has 0 atom stereocenters. The van der Waals surface area contributed by atoms with Crippen LogP contribution in [0, 0.1) is 12.7 Å². The molecule has 1 amide bonds. The molecule has 1 aromatic carbocycles. The number of carbonyl (C=O) groups is 1. The lowest BCUT2D eigenvalue weighted by molar-refractivity contribution is 0.0989. The highest BCUT2D eigenvalue weighted by Crippen LogP contribution is 2.32. The summed E-state index contributed by atoms with van der Waals surface area (Å²) in [6.45, 7) is 5.91. The van der Waals surface area contributed by atoms with Crippen LogP contribution < -0.4 is 4.90 Å². The second-order valence-electron chi connectivity index (χ2n) is 6.78. The van der Waals surface area contributed by atoms with Crippen LogP contribution >= 0.6 is 11.3 Å². The molecule has 2 aromatic heterocycles. The summed E-state index contributed by atoms with van der Waals surface area (Å²) in [5.74, 6) is -0.589. The van der Waals surface area contributed by atoms with Gasteiger partial charge in [-0.1, -0.05) is 18.2 Å². The third-order valence-corrected chi connectivity index (χ3v) is 6.12. The number of para-hydroxylation sites is 1. The molecular formula is C21H21FN4OS. The monoisotopic (exact) mass is 396 g/mol. The third kappa shape index (κ3) is 3.26. The van der Waals surface area contributed by atoms with Gasteiger partial charge in [0.2, 0.25) is 0 Å². The Morgan fingerprint density at radius 3 is 2.89 bits per heavy atom. The zero-order valence-electron chi connectivity index (χ0n) is 15.7. The first kappa shape index (κ1) is 18.6. The summed E-state index contributed by atoms with van der Waals surface area (Å²) in [6.07, 6.45) is 7.47. The van der Waals surface area contributed by atoms with E-state index in [0.717, 1.165) is 25.0 Å². The smallest absolute Gasteiger partial charge is 0.263 e. The minimum atomic E-state index is -0.386. The van der Waals surface area contributed by atoms with Gasteiger partial charge in [-0.05, 0) is 44.7 Å². The quantitative estimate of drug-likeness (QED) is 0.597. The maximum Gasteiger partial charge on any atom is 0.263 e. The molecule has 4 rings (SSSR count). The summed E-state index contributed by atoms with van der Waals surface area (Å²) in [6, 6.07) is 6.38. The Labute approximate surface area is 167 Å². The molecule has 0 bridgehead atoms. The molecule has 28 heavy (non-hydrogen) atoms. The van der Waals surface area contributed by atoms with Gasteiger partial charge in [-0.25, -0.2) is 14.1 Å². The molecule has 1 aliphatic rings. The lowest BCUT2D eigenvalue weighted by Crippen LogP contribution is -2.31. The summed E-state index contributed by atoms with van der Waals surface area (Å²) < 4.78 is 15.6. The number of thiazole rings is 1. The maximum absolute atomic E-state index is 14.2. The summed E-state index contributed by atoms with van der Waals surface area (Å²) in [4.78, 5) is 20.9. The molecule has 0 unspecified atom stereocenters. The highest BCUT2D eigenvalue weighted by molar-refractivity contribution is 7.16. The van der Waals surface area contributed by atoms with Gasteiger partial charge < -0.3 is 0 Å². The number of aromatic nitrogens is 3. The number of halogens is 1. The Bertz CT molecular complexity index is 1020. The first-order chi connectivity index (χ1) is 13.6. The normalized spacial score (nSPS) is 13.2. The Kier molecular flexibility index (Phi) is 5.09. The highest BCUT2D eigenvalue weighted by Gasteiger charge is 2.26. The summed E-state index contributed by atoms with van der Waals surface area (Å²) >= 11 is 1.58. The van der Waals surface area contributed by atoms with E-state index in [1.165, 1.54) is 28.2 Å². The zero-order valence-corrected chi connectivity index (χ0v) is 16.5. The number of hydrogen-bond donors (Lipinski definition) is 0. The Morgan fingerprint density at radius 1 is 1.36 bits per heavy atom. The van der Waals surface area contributed by atoms with Crippen LogP contribution in [0.4, 0.5) is 9.52 Å². The summed E-state index contributed by atoms with van der Waals surface area (Å²) in [5, 5.41) is 4.95. The third-order valence-electron chi connectivity index (χ3n) is 4.94.